The van der Waals surface area contributed by atoms with Gasteiger partial charge in [-0.1, -0.05) is 59.8 Å². The van der Waals surface area contributed by atoms with Gasteiger partial charge in [-0.05, 0) is 24.6 Å². The lowest BCUT2D eigenvalue weighted by atomic mass is 10.2. The molecule has 6 nitrogen and oxygen atoms in total. The Morgan fingerprint density at radius 2 is 1.86 bits per heavy atom. The predicted octanol–water partition coefficient (Wildman–Crippen LogP) is 3.82. The van der Waals surface area contributed by atoms with Crippen LogP contribution in [0.25, 0.3) is 11.3 Å². The number of thioether (sulfide) groups is 1. The molecule has 0 aliphatic rings. The number of halogens is 1. The lowest BCUT2D eigenvalue weighted by Gasteiger charge is -2.10. The number of fused-ring (bicyclic) bond motifs is 1. The molecule has 0 amide bonds. The first-order chi connectivity index (χ1) is 13.6. The fourth-order valence-electron chi connectivity index (χ4n) is 2.85. The number of hydrogen-bond acceptors (Lipinski definition) is 5. The molecule has 0 saturated heterocycles. The van der Waals surface area contributed by atoms with Crippen LogP contribution in [0.2, 0.25) is 5.02 Å². The molecule has 4 rings (SSSR count). The molecule has 0 radical (unpaired) electrons. The lowest BCUT2D eigenvalue weighted by molar-refractivity contribution is 0.102. The van der Waals surface area contributed by atoms with Crippen molar-refractivity contribution in [3.63, 3.8) is 0 Å². The van der Waals surface area contributed by atoms with Crippen LogP contribution < -0.4 is 5.56 Å². The van der Waals surface area contributed by atoms with E-state index in [0.717, 1.165) is 5.56 Å². The normalized spacial score (nSPS) is 11.1. The van der Waals surface area contributed by atoms with Crippen LogP contribution in [0.1, 0.15) is 15.9 Å². The highest BCUT2D eigenvalue weighted by molar-refractivity contribution is 7.99. The molecule has 0 aliphatic carbocycles. The van der Waals surface area contributed by atoms with Crippen molar-refractivity contribution in [2.45, 2.75) is 12.1 Å². The first kappa shape index (κ1) is 18.5. The highest BCUT2D eigenvalue weighted by atomic mass is 35.5. The van der Waals surface area contributed by atoms with Gasteiger partial charge in [-0.15, -0.1) is 10.2 Å². The molecule has 0 fully saturated rings. The van der Waals surface area contributed by atoms with Crippen molar-refractivity contribution in [1.29, 1.82) is 0 Å². The van der Waals surface area contributed by atoms with Gasteiger partial charge in [-0.3, -0.25) is 18.6 Å². The minimum Gasteiger partial charge on any atom is -0.293 e. The number of carbonyl (C=O) groups excluding carboxylic acids is 1. The predicted molar refractivity (Wildman–Crippen MR) is 110 cm³/mol. The Morgan fingerprint density at radius 3 is 2.64 bits per heavy atom. The van der Waals surface area contributed by atoms with Gasteiger partial charge in [-0.2, -0.15) is 0 Å². The van der Waals surface area contributed by atoms with Crippen molar-refractivity contribution in [2.75, 3.05) is 5.75 Å². The number of nitrogens with zero attached hydrogens (tertiary/aromatic N) is 4. The van der Waals surface area contributed by atoms with Crippen LogP contribution in [0.3, 0.4) is 0 Å². The minimum atomic E-state index is -0.304. The van der Waals surface area contributed by atoms with Gasteiger partial charge < -0.3 is 0 Å². The van der Waals surface area contributed by atoms with E-state index in [-0.39, 0.29) is 22.7 Å². The smallest absolute Gasteiger partial charge is 0.293 e. The zero-order chi connectivity index (χ0) is 19.7. The second-order valence-electron chi connectivity index (χ2n) is 6.11. The van der Waals surface area contributed by atoms with Crippen molar-refractivity contribution in [2.24, 2.45) is 0 Å². The molecule has 2 aromatic carbocycles. The summed E-state index contributed by atoms with van der Waals surface area (Å²) >= 11 is 7.42. The number of Topliss-reactive ketones (excluding diaryl/α,β-unsaturated/α-hetero) is 1. The fourth-order valence-corrected chi connectivity index (χ4v) is 3.83. The zero-order valence-electron chi connectivity index (χ0n) is 14.9. The van der Waals surface area contributed by atoms with E-state index in [1.165, 1.54) is 16.3 Å². The van der Waals surface area contributed by atoms with Gasteiger partial charge in [0.1, 0.15) is 0 Å². The number of hydrogen-bond donors (Lipinski definition) is 0. The first-order valence-electron chi connectivity index (χ1n) is 8.49. The van der Waals surface area contributed by atoms with Gasteiger partial charge in [0.15, 0.2) is 10.9 Å². The van der Waals surface area contributed by atoms with E-state index in [4.69, 9.17) is 11.6 Å². The Bertz CT molecular complexity index is 1230. The maximum Gasteiger partial charge on any atom is 0.300 e. The van der Waals surface area contributed by atoms with E-state index in [1.807, 2.05) is 31.2 Å². The van der Waals surface area contributed by atoms with Gasteiger partial charge in [-0.25, -0.2) is 0 Å². The van der Waals surface area contributed by atoms with Crippen molar-refractivity contribution < 1.29 is 4.79 Å². The van der Waals surface area contributed by atoms with Gasteiger partial charge in [0, 0.05) is 23.0 Å². The molecule has 0 unspecified atom stereocenters. The average Bonchev–Trinajstić information content (AvgIpc) is 3.13. The topological polar surface area (TPSA) is 69.3 Å². The van der Waals surface area contributed by atoms with Gasteiger partial charge in [0.2, 0.25) is 5.65 Å². The van der Waals surface area contributed by atoms with Crippen molar-refractivity contribution >= 4 is 34.8 Å². The van der Waals surface area contributed by atoms with Crippen LogP contribution in [0.5, 0.6) is 0 Å². The lowest BCUT2D eigenvalue weighted by Crippen LogP contribution is -2.21. The molecule has 0 N–H and O–H groups in total. The molecule has 0 saturated carbocycles. The van der Waals surface area contributed by atoms with Crippen molar-refractivity contribution in [1.82, 2.24) is 19.2 Å². The van der Waals surface area contributed by atoms with Crippen LogP contribution >= 0.6 is 23.4 Å². The molecule has 4 aromatic rings. The number of aromatic nitrogens is 4. The highest BCUT2D eigenvalue weighted by Crippen LogP contribution is 2.22. The van der Waals surface area contributed by atoms with Crippen LogP contribution in [0.15, 0.2) is 70.9 Å². The van der Waals surface area contributed by atoms with Crippen molar-refractivity contribution in [3.8, 4) is 5.69 Å². The molecule has 0 aliphatic heterocycles. The average molecular weight is 411 g/mol. The second kappa shape index (κ2) is 7.61. The summed E-state index contributed by atoms with van der Waals surface area (Å²) in [5.41, 5.74) is 2.02. The summed E-state index contributed by atoms with van der Waals surface area (Å²) in [6.07, 6.45) is 3.37. The van der Waals surface area contributed by atoms with Crippen LogP contribution in [0, 0.1) is 6.92 Å². The number of benzene rings is 2. The number of ketones is 1. The molecular formula is C20H15ClN4O2S. The Balaban J connectivity index is 1.65. The second-order valence-corrected chi connectivity index (χ2v) is 7.46. The summed E-state index contributed by atoms with van der Waals surface area (Å²) in [5, 5.41) is 9.18. The minimum absolute atomic E-state index is 0.00903. The summed E-state index contributed by atoms with van der Waals surface area (Å²) in [7, 11) is 0. The van der Waals surface area contributed by atoms with Gasteiger partial charge >= 0.3 is 5.56 Å². The monoisotopic (exact) mass is 410 g/mol. The molecule has 0 bridgehead atoms. The number of carbonyl (C=O) groups is 1. The maximum absolute atomic E-state index is 12.9. The Morgan fingerprint density at radius 1 is 1.07 bits per heavy atom. The fraction of sp³-hybridized carbons (Fsp3) is 0.100. The molecule has 0 spiro atoms. The molecule has 28 heavy (non-hydrogen) atoms. The van der Waals surface area contributed by atoms with E-state index in [1.54, 1.807) is 41.1 Å². The summed E-state index contributed by atoms with van der Waals surface area (Å²) < 4.78 is 3.09. The van der Waals surface area contributed by atoms with Crippen molar-refractivity contribution in [3.05, 3.63) is 87.4 Å². The van der Waals surface area contributed by atoms with Gasteiger partial charge in [0.25, 0.3) is 0 Å². The molecule has 8 heteroatoms. The zero-order valence-corrected chi connectivity index (χ0v) is 16.4. The third-order valence-electron chi connectivity index (χ3n) is 4.37. The summed E-state index contributed by atoms with van der Waals surface area (Å²) in [6, 6.07) is 14.5. The molecular weight excluding hydrogens is 396 g/mol. The maximum atomic E-state index is 12.9. The van der Waals surface area contributed by atoms with Crippen LogP contribution in [0.4, 0.5) is 0 Å². The molecule has 2 heterocycles. The Labute approximate surface area is 169 Å². The van der Waals surface area contributed by atoms with E-state index in [2.05, 4.69) is 10.2 Å². The van der Waals surface area contributed by atoms with E-state index in [9.17, 15) is 9.59 Å². The van der Waals surface area contributed by atoms with E-state index < -0.39 is 0 Å². The number of rotatable bonds is 5. The summed E-state index contributed by atoms with van der Waals surface area (Å²) in [5.74, 6) is 0.201. The molecule has 0 atom stereocenters. The quantitative estimate of drug-likeness (QED) is 0.369. The molecule has 140 valence electrons. The van der Waals surface area contributed by atoms with E-state index in [0.29, 0.717) is 21.4 Å². The highest BCUT2D eigenvalue weighted by Gasteiger charge is 2.15. The SMILES string of the molecule is Cc1c(Cl)cccc1-n1ccn2c(SCC(=O)c3ccccc3)nnc2c1=O. The molecule has 2 aromatic heterocycles. The summed E-state index contributed by atoms with van der Waals surface area (Å²) in [4.78, 5) is 25.2. The Hall–Kier alpha value is -2.90. The van der Waals surface area contributed by atoms with Gasteiger partial charge in [0.05, 0.1) is 11.4 Å². The third kappa shape index (κ3) is 3.34. The third-order valence-corrected chi connectivity index (χ3v) is 5.72. The summed E-state index contributed by atoms with van der Waals surface area (Å²) in [6.45, 7) is 1.86. The largest absolute Gasteiger partial charge is 0.300 e. The first-order valence-corrected chi connectivity index (χ1v) is 9.85. The van der Waals surface area contributed by atoms with E-state index >= 15 is 0 Å². The standard InChI is InChI=1S/C20H15ClN4O2S/c1-13-15(21)8-5-9-16(13)24-10-11-25-18(19(24)27)22-23-20(25)28-12-17(26)14-6-3-2-4-7-14/h2-11H,12H2,1H3. The Kier molecular flexibility index (Phi) is 5.02. The van der Waals surface area contributed by atoms with Crippen LogP contribution in [-0.2, 0) is 0 Å². The van der Waals surface area contributed by atoms with Crippen LogP contribution in [-0.4, -0.2) is 30.7 Å².